The van der Waals surface area contributed by atoms with Gasteiger partial charge < -0.3 is 19.7 Å². The van der Waals surface area contributed by atoms with Gasteiger partial charge in [-0.15, -0.1) is 0 Å². The lowest BCUT2D eigenvalue weighted by Gasteiger charge is -2.13. The molecule has 0 saturated heterocycles. The molecule has 84 valence electrons. The van der Waals surface area contributed by atoms with Crippen molar-refractivity contribution >= 4 is 10.8 Å². The Morgan fingerprint density at radius 3 is 1.50 bits per heavy atom. The lowest BCUT2D eigenvalue weighted by atomic mass is 10.1. The fraction of sp³-hybridized carbons (Fsp3) is 0.167. The second-order valence-corrected chi connectivity index (χ2v) is 3.31. The molecule has 0 aliphatic carbocycles. The van der Waals surface area contributed by atoms with Crippen LogP contribution in [0, 0.1) is 0 Å². The number of hydrogen-bond donors (Lipinski definition) is 2. The summed E-state index contributed by atoms with van der Waals surface area (Å²) in [7, 11) is 2.88. The molecule has 0 unspecified atom stereocenters. The summed E-state index contributed by atoms with van der Waals surface area (Å²) in [6, 6.07) is 7.22. The van der Waals surface area contributed by atoms with E-state index in [9.17, 15) is 10.2 Å². The molecular weight excluding hydrogens is 208 g/mol. The van der Waals surface area contributed by atoms with Crippen molar-refractivity contribution in [2.45, 2.75) is 0 Å². The van der Waals surface area contributed by atoms with Crippen molar-refractivity contribution in [1.82, 2.24) is 0 Å². The van der Waals surface area contributed by atoms with E-state index in [4.69, 9.17) is 9.47 Å². The number of hydrogen-bond acceptors (Lipinski definition) is 4. The SMILES string of the molecule is COc1c(O)c(O)c(OC)c2ccccc12. The monoisotopic (exact) mass is 220 g/mol. The summed E-state index contributed by atoms with van der Waals surface area (Å²) in [6.07, 6.45) is 0. The van der Waals surface area contributed by atoms with Crippen LogP contribution in [0.3, 0.4) is 0 Å². The van der Waals surface area contributed by atoms with Crippen LogP contribution in [0.25, 0.3) is 10.8 Å². The van der Waals surface area contributed by atoms with Crippen LogP contribution in [0.2, 0.25) is 0 Å². The quantitative estimate of drug-likeness (QED) is 0.762. The van der Waals surface area contributed by atoms with Crippen LogP contribution in [0.1, 0.15) is 0 Å². The van der Waals surface area contributed by atoms with Gasteiger partial charge in [-0.3, -0.25) is 0 Å². The summed E-state index contributed by atoms with van der Waals surface area (Å²) in [5.74, 6) is -0.126. The Balaban J connectivity index is 2.95. The number of phenolic OH excluding ortho intramolecular Hbond substituents is 2. The van der Waals surface area contributed by atoms with Gasteiger partial charge in [-0.1, -0.05) is 24.3 Å². The Kier molecular flexibility index (Phi) is 2.48. The average molecular weight is 220 g/mol. The van der Waals surface area contributed by atoms with E-state index in [1.165, 1.54) is 14.2 Å². The molecule has 4 nitrogen and oxygen atoms in total. The zero-order valence-electron chi connectivity index (χ0n) is 9.02. The van der Waals surface area contributed by atoms with Gasteiger partial charge in [0, 0.05) is 10.8 Å². The molecule has 0 atom stereocenters. The minimum Gasteiger partial charge on any atom is -0.502 e. The van der Waals surface area contributed by atoms with E-state index < -0.39 is 0 Å². The highest BCUT2D eigenvalue weighted by atomic mass is 16.5. The molecule has 2 aromatic carbocycles. The van der Waals surface area contributed by atoms with Gasteiger partial charge >= 0.3 is 0 Å². The molecule has 0 fully saturated rings. The van der Waals surface area contributed by atoms with Crippen molar-refractivity contribution in [3.63, 3.8) is 0 Å². The van der Waals surface area contributed by atoms with Crippen LogP contribution in [0.5, 0.6) is 23.0 Å². The maximum atomic E-state index is 9.75. The molecule has 0 aliphatic rings. The predicted molar refractivity (Wildman–Crippen MR) is 60.4 cm³/mol. The van der Waals surface area contributed by atoms with Crippen molar-refractivity contribution in [2.24, 2.45) is 0 Å². The molecular formula is C12H12O4. The molecule has 2 rings (SSSR count). The summed E-state index contributed by atoms with van der Waals surface area (Å²) < 4.78 is 10.1. The third-order valence-corrected chi connectivity index (χ3v) is 2.48. The van der Waals surface area contributed by atoms with Gasteiger partial charge in [-0.05, 0) is 0 Å². The molecule has 2 aromatic rings. The molecule has 0 amide bonds. The van der Waals surface area contributed by atoms with E-state index in [-0.39, 0.29) is 23.0 Å². The highest BCUT2D eigenvalue weighted by molar-refractivity contribution is 5.98. The van der Waals surface area contributed by atoms with Crippen molar-refractivity contribution in [1.29, 1.82) is 0 Å². The summed E-state index contributed by atoms with van der Waals surface area (Å²) >= 11 is 0. The second-order valence-electron chi connectivity index (χ2n) is 3.31. The van der Waals surface area contributed by atoms with Gasteiger partial charge in [0.15, 0.2) is 11.5 Å². The Morgan fingerprint density at radius 2 is 1.19 bits per heavy atom. The second kappa shape index (κ2) is 3.81. The molecule has 0 heterocycles. The highest BCUT2D eigenvalue weighted by Gasteiger charge is 2.19. The third kappa shape index (κ3) is 1.31. The molecule has 0 aromatic heterocycles. The van der Waals surface area contributed by atoms with Crippen LogP contribution in [0.4, 0.5) is 0 Å². The van der Waals surface area contributed by atoms with Gasteiger partial charge in [0.05, 0.1) is 14.2 Å². The van der Waals surface area contributed by atoms with Crippen LogP contribution in [0.15, 0.2) is 24.3 Å². The molecule has 0 radical (unpaired) electrons. The predicted octanol–water partition coefficient (Wildman–Crippen LogP) is 2.27. The average Bonchev–Trinajstić information content (AvgIpc) is 2.31. The van der Waals surface area contributed by atoms with Crippen molar-refractivity contribution in [3.8, 4) is 23.0 Å². The van der Waals surface area contributed by atoms with Gasteiger partial charge in [0.2, 0.25) is 11.5 Å². The highest BCUT2D eigenvalue weighted by Crippen LogP contribution is 2.49. The first-order valence-corrected chi connectivity index (χ1v) is 4.75. The first-order chi connectivity index (χ1) is 7.70. The van der Waals surface area contributed by atoms with Crippen LogP contribution < -0.4 is 9.47 Å². The Bertz CT molecular complexity index is 486. The van der Waals surface area contributed by atoms with Gasteiger partial charge in [-0.2, -0.15) is 0 Å². The lowest BCUT2D eigenvalue weighted by molar-refractivity contribution is 0.333. The first kappa shape index (κ1) is 10.4. The van der Waals surface area contributed by atoms with Crippen molar-refractivity contribution in [2.75, 3.05) is 14.2 Å². The van der Waals surface area contributed by atoms with E-state index in [1.807, 2.05) is 12.1 Å². The van der Waals surface area contributed by atoms with E-state index in [0.29, 0.717) is 10.8 Å². The molecule has 16 heavy (non-hydrogen) atoms. The minimum absolute atomic E-state index is 0.244. The number of rotatable bonds is 2. The number of aromatic hydroxyl groups is 2. The number of fused-ring (bicyclic) bond motifs is 1. The zero-order valence-corrected chi connectivity index (χ0v) is 9.02. The third-order valence-electron chi connectivity index (χ3n) is 2.48. The standard InChI is InChI=1S/C12H12O4/c1-15-11-7-5-3-4-6-8(7)12(16-2)10(14)9(11)13/h3-6,13-14H,1-2H3. The summed E-state index contributed by atoms with van der Waals surface area (Å²) in [5, 5.41) is 20.9. The molecule has 0 saturated carbocycles. The van der Waals surface area contributed by atoms with Gasteiger partial charge in [-0.25, -0.2) is 0 Å². The molecule has 4 heteroatoms. The van der Waals surface area contributed by atoms with E-state index in [2.05, 4.69) is 0 Å². The topological polar surface area (TPSA) is 58.9 Å². The number of ether oxygens (including phenoxy) is 2. The molecule has 0 aliphatic heterocycles. The van der Waals surface area contributed by atoms with E-state index in [0.717, 1.165) is 0 Å². The summed E-state index contributed by atoms with van der Waals surface area (Å²) in [6.45, 7) is 0. The van der Waals surface area contributed by atoms with Gasteiger partial charge in [0.25, 0.3) is 0 Å². The number of phenols is 2. The largest absolute Gasteiger partial charge is 0.502 e. The zero-order chi connectivity index (χ0) is 11.7. The number of benzene rings is 2. The summed E-state index contributed by atoms with van der Waals surface area (Å²) in [4.78, 5) is 0. The lowest BCUT2D eigenvalue weighted by Crippen LogP contribution is -1.91. The first-order valence-electron chi connectivity index (χ1n) is 4.75. The van der Waals surface area contributed by atoms with Crippen LogP contribution in [-0.2, 0) is 0 Å². The van der Waals surface area contributed by atoms with Crippen LogP contribution >= 0.6 is 0 Å². The molecule has 0 spiro atoms. The Hall–Kier alpha value is -2.10. The van der Waals surface area contributed by atoms with Gasteiger partial charge in [0.1, 0.15) is 0 Å². The van der Waals surface area contributed by atoms with Crippen molar-refractivity contribution in [3.05, 3.63) is 24.3 Å². The maximum absolute atomic E-state index is 9.75. The Labute approximate surface area is 92.7 Å². The van der Waals surface area contributed by atoms with Crippen LogP contribution in [-0.4, -0.2) is 24.4 Å². The van der Waals surface area contributed by atoms with E-state index in [1.54, 1.807) is 12.1 Å². The fourth-order valence-corrected chi connectivity index (χ4v) is 1.76. The Morgan fingerprint density at radius 1 is 0.812 bits per heavy atom. The normalized spacial score (nSPS) is 10.4. The smallest absolute Gasteiger partial charge is 0.205 e. The van der Waals surface area contributed by atoms with Crippen molar-refractivity contribution < 1.29 is 19.7 Å². The van der Waals surface area contributed by atoms with E-state index >= 15 is 0 Å². The summed E-state index contributed by atoms with van der Waals surface area (Å²) in [5.41, 5.74) is 0. The fourth-order valence-electron chi connectivity index (χ4n) is 1.76. The molecule has 2 N–H and O–H groups in total. The number of methoxy groups -OCH3 is 2. The molecule has 0 bridgehead atoms. The maximum Gasteiger partial charge on any atom is 0.205 e. The minimum atomic E-state index is -0.307.